The molecule has 0 heterocycles. The SMILES string of the molecule is CNC(=O)[C@@H](NC(=O)C[C@H](OC)C(=O)NO)C(C)(C)C. The normalized spacial score (nSPS) is 14.1. The minimum Gasteiger partial charge on any atom is -0.371 e. The third-order valence-electron chi connectivity index (χ3n) is 2.74. The van der Waals surface area contributed by atoms with Gasteiger partial charge in [0, 0.05) is 14.2 Å². The van der Waals surface area contributed by atoms with Gasteiger partial charge in [-0.15, -0.1) is 0 Å². The smallest absolute Gasteiger partial charge is 0.272 e. The molecule has 8 nitrogen and oxygen atoms in total. The summed E-state index contributed by atoms with van der Waals surface area (Å²) in [6, 6.07) is -0.741. The van der Waals surface area contributed by atoms with E-state index in [1.54, 1.807) is 20.8 Å². The monoisotopic (exact) mass is 289 g/mol. The Hall–Kier alpha value is -1.67. The molecular weight excluding hydrogens is 266 g/mol. The Morgan fingerprint density at radius 1 is 1.20 bits per heavy atom. The Bertz CT molecular complexity index is 365. The van der Waals surface area contributed by atoms with Crippen LogP contribution in [0.5, 0.6) is 0 Å². The highest BCUT2D eigenvalue weighted by molar-refractivity contribution is 5.91. The van der Waals surface area contributed by atoms with Crippen LogP contribution in [0.1, 0.15) is 27.2 Å². The van der Waals surface area contributed by atoms with Gasteiger partial charge >= 0.3 is 0 Å². The summed E-state index contributed by atoms with van der Waals surface area (Å²) in [4.78, 5) is 34.8. The molecule has 0 unspecified atom stereocenters. The molecule has 0 saturated heterocycles. The van der Waals surface area contributed by atoms with Crippen LogP contribution < -0.4 is 16.1 Å². The molecule has 0 spiro atoms. The molecule has 3 amide bonds. The Kier molecular flexibility index (Phi) is 7.16. The fourth-order valence-corrected chi connectivity index (χ4v) is 1.56. The Morgan fingerprint density at radius 2 is 1.75 bits per heavy atom. The van der Waals surface area contributed by atoms with E-state index < -0.39 is 29.4 Å². The first-order chi connectivity index (χ1) is 9.17. The van der Waals surface area contributed by atoms with Crippen molar-refractivity contribution in [2.75, 3.05) is 14.2 Å². The van der Waals surface area contributed by atoms with E-state index in [1.807, 2.05) is 0 Å². The Balaban J connectivity index is 4.77. The zero-order chi connectivity index (χ0) is 15.9. The highest BCUT2D eigenvalue weighted by atomic mass is 16.5. The number of carbonyl (C=O) groups is 3. The lowest BCUT2D eigenvalue weighted by molar-refractivity contribution is -0.143. The van der Waals surface area contributed by atoms with Gasteiger partial charge in [0.25, 0.3) is 5.91 Å². The van der Waals surface area contributed by atoms with E-state index in [2.05, 4.69) is 10.6 Å². The molecule has 0 bridgehead atoms. The summed E-state index contributed by atoms with van der Waals surface area (Å²) in [6.45, 7) is 5.42. The maximum atomic E-state index is 11.9. The van der Waals surface area contributed by atoms with Crippen LogP contribution in [-0.4, -0.2) is 49.2 Å². The molecule has 0 aliphatic heterocycles. The van der Waals surface area contributed by atoms with E-state index in [-0.39, 0.29) is 12.3 Å². The van der Waals surface area contributed by atoms with Gasteiger partial charge in [0.2, 0.25) is 11.8 Å². The van der Waals surface area contributed by atoms with Gasteiger partial charge in [-0.2, -0.15) is 0 Å². The topological polar surface area (TPSA) is 117 Å². The molecule has 116 valence electrons. The average molecular weight is 289 g/mol. The highest BCUT2D eigenvalue weighted by Crippen LogP contribution is 2.19. The molecule has 2 atom stereocenters. The molecule has 0 rings (SSSR count). The lowest BCUT2D eigenvalue weighted by Crippen LogP contribution is -2.53. The zero-order valence-corrected chi connectivity index (χ0v) is 12.4. The van der Waals surface area contributed by atoms with Gasteiger partial charge in [-0.3, -0.25) is 19.6 Å². The predicted octanol–water partition coefficient (Wildman–Crippen LogP) is -0.826. The predicted molar refractivity (Wildman–Crippen MR) is 70.8 cm³/mol. The van der Waals surface area contributed by atoms with Crippen molar-refractivity contribution in [1.82, 2.24) is 16.1 Å². The van der Waals surface area contributed by atoms with Gasteiger partial charge < -0.3 is 15.4 Å². The zero-order valence-electron chi connectivity index (χ0n) is 12.4. The lowest BCUT2D eigenvalue weighted by atomic mass is 9.86. The molecule has 0 aromatic carbocycles. The number of likely N-dealkylation sites (N-methyl/N-ethyl adjacent to an activating group) is 1. The number of rotatable bonds is 6. The van der Waals surface area contributed by atoms with E-state index in [0.717, 1.165) is 0 Å². The first-order valence-corrected chi connectivity index (χ1v) is 6.15. The molecule has 0 saturated carbocycles. The van der Waals surface area contributed by atoms with Gasteiger partial charge in [0.1, 0.15) is 12.1 Å². The average Bonchev–Trinajstić information content (AvgIpc) is 2.39. The first kappa shape index (κ1) is 18.3. The van der Waals surface area contributed by atoms with E-state index in [1.165, 1.54) is 19.6 Å². The molecule has 20 heavy (non-hydrogen) atoms. The van der Waals surface area contributed by atoms with Crippen molar-refractivity contribution in [3.8, 4) is 0 Å². The van der Waals surface area contributed by atoms with Gasteiger partial charge in [0.15, 0.2) is 0 Å². The summed E-state index contributed by atoms with van der Waals surface area (Å²) in [5.74, 6) is -1.68. The summed E-state index contributed by atoms with van der Waals surface area (Å²) in [7, 11) is 2.72. The van der Waals surface area contributed by atoms with Crippen LogP contribution in [0.25, 0.3) is 0 Å². The lowest BCUT2D eigenvalue weighted by Gasteiger charge is -2.30. The molecule has 8 heteroatoms. The van der Waals surface area contributed by atoms with Crippen molar-refractivity contribution < 1.29 is 24.3 Å². The second-order valence-corrected chi connectivity index (χ2v) is 5.39. The van der Waals surface area contributed by atoms with Crippen molar-refractivity contribution >= 4 is 17.7 Å². The third-order valence-corrected chi connectivity index (χ3v) is 2.74. The molecule has 4 N–H and O–H groups in total. The van der Waals surface area contributed by atoms with Crippen LogP contribution in [0.15, 0.2) is 0 Å². The van der Waals surface area contributed by atoms with Crippen LogP contribution in [0.3, 0.4) is 0 Å². The summed E-state index contributed by atoms with van der Waals surface area (Å²) >= 11 is 0. The van der Waals surface area contributed by atoms with Gasteiger partial charge in [0.05, 0.1) is 6.42 Å². The Morgan fingerprint density at radius 3 is 2.10 bits per heavy atom. The largest absolute Gasteiger partial charge is 0.371 e. The number of methoxy groups -OCH3 is 1. The summed E-state index contributed by atoms with van der Waals surface area (Å²) < 4.78 is 4.79. The summed E-state index contributed by atoms with van der Waals surface area (Å²) in [6.07, 6.45) is -1.42. The van der Waals surface area contributed by atoms with E-state index in [4.69, 9.17) is 9.94 Å². The van der Waals surface area contributed by atoms with Crippen molar-refractivity contribution in [2.45, 2.75) is 39.3 Å². The number of nitrogens with one attached hydrogen (secondary N) is 3. The number of hydroxylamine groups is 1. The maximum Gasteiger partial charge on any atom is 0.272 e. The van der Waals surface area contributed by atoms with Gasteiger partial charge in [-0.05, 0) is 5.41 Å². The maximum absolute atomic E-state index is 11.9. The van der Waals surface area contributed by atoms with Crippen molar-refractivity contribution in [3.05, 3.63) is 0 Å². The first-order valence-electron chi connectivity index (χ1n) is 6.15. The minimum absolute atomic E-state index is 0.299. The van der Waals surface area contributed by atoms with E-state index >= 15 is 0 Å². The van der Waals surface area contributed by atoms with Crippen molar-refractivity contribution in [2.24, 2.45) is 5.41 Å². The molecule has 0 aliphatic carbocycles. The van der Waals surface area contributed by atoms with Crippen LogP contribution in [0.2, 0.25) is 0 Å². The number of carbonyl (C=O) groups excluding carboxylic acids is 3. The summed E-state index contributed by atoms with van der Waals surface area (Å²) in [5.41, 5.74) is 0.927. The third kappa shape index (κ3) is 5.54. The van der Waals surface area contributed by atoms with Crippen molar-refractivity contribution in [1.29, 1.82) is 0 Å². The van der Waals surface area contributed by atoms with Gasteiger partial charge in [-0.1, -0.05) is 20.8 Å². The van der Waals surface area contributed by atoms with Crippen LogP contribution in [0, 0.1) is 5.41 Å². The number of hydrogen-bond acceptors (Lipinski definition) is 5. The fourth-order valence-electron chi connectivity index (χ4n) is 1.56. The van der Waals surface area contributed by atoms with E-state index in [0.29, 0.717) is 0 Å². The number of ether oxygens (including phenoxy) is 1. The fraction of sp³-hybridized carbons (Fsp3) is 0.750. The van der Waals surface area contributed by atoms with Crippen molar-refractivity contribution in [3.63, 3.8) is 0 Å². The molecular formula is C12H23N3O5. The molecule has 0 aliphatic rings. The molecule has 0 aromatic rings. The second-order valence-electron chi connectivity index (χ2n) is 5.39. The standard InChI is InChI=1S/C12H23N3O5/c1-12(2,3)9(11(18)13-4)14-8(16)6-7(20-5)10(17)15-19/h7,9,19H,6H2,1-5H3,(H,13,18)(H,14,16)(H,15,17)/t7-,9+/m0/s1. The quantitative estimate of drug-likeness (QED) is 0.376. The number of amides is 3. The minimum atomic E-state index is -1.12. The Labute approximate surface area is 118 Å². The molecule has 0 radical (unpaired) electrons. The highest BCUT2D eigenvalue weighted by Gasteiger charge is 2.33. The molecule has 0 aromatic heterocycles. The second kappa shape index (κ2) is 7.81. The number of hydrogen-bond donors (Lipinski definition) is 4. The molecule has 0 fully saturated rings. The van der Waals surface area contributed by atoms with Crippen LogP contribution in [0.4, 0.5) is 0 Å². The van der Waals surface area contributed by atoms with Crippen LogP contribution in [-0.2, 0) is 19.1 Å². The van der Waals surface area contributed by atoms with Crippen LogP contribution >= 0.6 is 0 Å². The summed E-state index contributed by atoms with van der Waals surface area (Å²) in [5, 5.41) is 13.5. The van der Waals surface area contributed by atoms with Gasteiger partial charge in [-0.25, -0.2) is 5.48 Å². The van der Waals surface area contributed by atoms with E-state index in [9.17, 15) is 14.4 Å².